The Morgan fingerprint density at radius 1 is 1.00 bits per heavy atom. The zero-order valence-corrected chi connectivity index (χ0v) is 16.6. The topological polar surface area (TPSA) is 9.72 Å². The average Bonchev–Trinajstić information content (AvgIpc) is 2.44. The van der Waals surface area contributed by atoms with Crippen LogP contribution in [0.25, 0.3) is 0 Å². The van der Waals surface area contributed by atoms with Crippen molar-refractivity contribution in [3.63, 3.8) is 0 Å². The fourth-order valence-corrected chi connectivity index (χ4v) is 5.18. The maximum absolute atomic E-state index is 3.85. The maximum atomic E-state index is 3.85. The van der Waals surface area contributed by atoms with E-state index < -0.39 is 8.24 Å². The van der Waals surface area contributed by atoms with Crippen LogP contribution in [0.5, 0.6) is 0 Å². The first kappa shape index (κ1) is 19.6. The molecule has 0 atom stereocenters. The Morgan fingerprint density at radius 2 is 1.50 bits per heavy atom. The van der Waals surface area contributed by atoms with Crippen molar-refractivity contribution in [2.75, 3.05) is 52.4 Å². The van der Waals surface area contributed by atoms with Gasteiger partial charge in [-0.3, -0.25) is 9.80 Å². The third-order valence-corrected chi connectivity index (χ3v) is 11.2. The summed E-state index contributed by atoms with van der Waals surface area (Å²) in [6, 6.07) is 0. The molecule has 0 aliphatic carbocycles. The second-order valence-corrected chi connectivity index (χ2v) is 13.2. The van der Waals surface area contributed by atoms with Crippen LogP contribution in [0.2, 0.25) is 18.1 Å². The van der Waals surface area contributed by atoms with Gasteiger partial charge in [0.1, 0.15) is 8.24 Å². The highest BCUT2D eigenvalue weighted by Crippen LogP contribution is 2.38. The zero-order valence-electron chi connectivity index (χ0n) is 15.6. The highest BCUT2D eigenvalue weighted by Gasteiger charge is 2.41. The van der Waals surface area contributed by atoms with Crippen molar-refractivity contribution >= 4 is 8.24 Å². The minimum atomic E-state index is -1.33. The summed E-state index contributed by atoms with van der Waals surface area (Å²) in [5.74, 6) is 0. The molecular weight excluding hydrogens is 286 g/mol. The molecule has 1 rings (SSSR count). The Kier molecular flexibility index (Phi) is 7.52. The molecule has 0 unspecified atom stereocenters. The van der Waals surface area contributed by atoms with Crippen LogP contribution in [-0.2, 0) is 0 Å². The van der Waals surface area contributed by atoms with Crippen LogP contribution in [-0.4, -0.2) is 75.0 Å². The van der Waals surface area contributed by atoms with E-state index in [0.29, 0.717) is 5.04 Å². The molecule has 1 fully saturated rings. The number of hydrogen-bond acceptors (Lipinski definition) is 3. The van der Waals surface area contributed by atoms with Crippen molar-refractivity contribution in [1.29, 1.82) is 0 Å². The van der Waals surface area contributed by atoms with Crippen LogP contribution >= 0.6 is 0 Å². The van der Waals surface area contributed by atoms with Crippen LogP contribution < -0.4 is 0 Å². The lowest BCUT2D eigenvalue weighted by molar-refractivity contribution is 0.161. The van der Waals surface area contributed by atoms with E-state index in [1.165, 1.54) is 26.2 Å². The molecule has 0 N–H and O–H groups in total. The molecule has 0 aromatic carbocycles. The minimum Gasteiger partial charge on any atom is -0.321 e. The van der Waals surface area contributed by atoms with E-state index in [1.54, 1.807) is 0 Å². The summed E-state index contributed by atoms with van der Waals surface area (Å²) in [4.78, 5) is 5.02. The summed E-state index contributed by atoms with van der Waals surface area (Å²) in [6.45, 7) is 29.0. The highest BCUT2D eigenvalue weighted by molar-refractivity contribution is 6.77. The van der Waals surface area contributed by atoms with Crippen LogP contribution in [0, 0.1) is 0 Å². The van der Waals surface area contributed by atoms with Gasteiger partial charge in [-0.05, 0) is 5.04 Å². The normalized spacial score (nSPS) is 18.6. The quantitative estimate of drug-likeness (QED) is 0.501. The lowest BCUT2D eigenvalue weighted by Crippen LogP contribution is -2.61. The molecule has 0 saturated carbocycles. The van der Waals surface area contributed by atoms with Gasteiger partial charge in [-0.15, -0.1) is 13.2 Å². The maximum Gasteiger partial charge on any atom is 0.127 e. The largest absolute Gasteiger partial charge is 0.321 e. The first-order valence-corrected chi connectivity index (χ1v) is 11.6. The fourth-order valence-electron chi connectivity index (χ4n) is 2.91. The standard InChI is InChI=1S/C18H37N3Si/c1-8-10-19(11-9-2)12-13-20-14-16-21(17-15-20)22(6,7)18(3,4)5/h8-9H,1-2,10-17H2,3-7H3. The van der Waals surface area contributed by atoms with Gasteiger partial charge >= 0.3 is 0 Å². The van der Waals surface area contributed by atoms with E-state index in [2.05, 4.69) is 61.4 Å². The summed E-state index contributed by atoms with van der Waals surface area (Å²) in [7, 11) is -1.33. The van der Waals surface area contributed by atoms with Gasteiger partial charge in [0.25, 0.3) is 0 Å². The van der Waals surface area contributed by atoms with Gasteiger partial charge in [0.05, 0.1) is 0 Å². The van der Waals surface area contributed by atoms with Gasteiger partial charge in [0, 0.05) is 52.4 Å². The molecule has 0 aromatic heterocycles. The lowest BCUT2D eigenvalue weighted by Gasteiger charge is -2.49. The molecule has 0 bridgehead atoms. The Hall–Kier alpha value is -0.423. The van der Waals surface area contributed by atoms with Crippen LogP contribution in [0.4, 0.5) is 0 Å². The first-order chi connectivity index (χ1) is 10.2. The smallest absolute Gasteiger partial charge is 0.127 e. The molecule has 1 aliphatic rings. The van der Waals surface area contributed by atoms with Crippen molar-refractivity contribution in [3.05, 3.63) is 25.3 Å². The van der Waals surface area contributed by atoms with Crippen molar-refractivity contribution < 1.29 is 0 Å². The molecule has 3 nitrogen and oxygen atoms in total. The molecule has 0 amide bonds. The van der Waals surface area contributed by atoms with E-state index in [9.17, 15) is 0 Å². The van der Waals surface area contributed by atoms with Gasteiger partial charge < -0.3 is 4.57 Å². The van der Waals surface area contributed by atoms with Gasteiger partial charge in [0.15, 0.2) is 0 Å². The van der Waals surface area contributed by atoms with Crippen molar-refractivity contribution in [2.24, 2.45) is 0 Å². The van der Waals surface area contributed by atoms with E-state index in [4.69, 9.17) is 0 Å². The van der Waals surface area contributed by atoms with Crippen molar-refractivity contribution in [3.8, 4) is 0 Å². The molecule has 128 valence electrons. The summed E-state index contributed by atoms with van der Waals surface area (Å²) in [6.07, 6.45) is 3.97. The van der Waals surface area contributed by atoms with E-state index in [-0.39, 0.29) is 0 Å². The monoisotopic (exact) mass is 323 g/mol. The number of nitrogens with zero attached hydrogens (tertiary/aromatic N) is 3. The predicted octanol–water partition coefficient (Wildman–Crippen LogP) is 3.28. The second-order valence-electron chi connectivity index (χ2n) is 7.97. The summed E-state index contributed by atoms with van der Waals surface area (Å²) in [5.41, 5.74) is 0. The third kappa shape index (κ3) is 5.34. The molecule has 1 saturated heterocycles. The fraction of sp³-hybridized carbons (Fsp3) is 0.778. The number of rotatable bonds is 8. The first-order valence-electron chi connectivity index (χ1n) is 8.64. The van der Waals surface area contributed by atoms with E-state index in [1.807, 2.05) is 12.2 Å². The van der Waals surface area contributed by atoms with Gasteiger partial charge in [-0.25, -0.2) is 0 Å². The lowest BCUT2D eigenvalue weighted by atomic mass is 10.2. The minimum absolute atomic E-state index is 0.444. The highest BCUT2D eigenvalue weighted by atomic mass is 28.3. The molecule has 0 aromatic rings. The molecule has 4 heteroatoms. The zero-order chi connectivity index (χ0) is 16.8. The number of hydrogen-bond donors (Lipinski definition) is 0. The van der Waals surface area contributed by atoms with Crippen molar-refractivity contribution in [1.82, 2.24) is 14.4 Å². The molecule has 1 aliphatic heterocycles. The Morgan fingerprint density at radius 3 is 1.91 bits per heavy atom. The van der Waals surface area contributed by atoms with Crippen LogP contribution in [0.3, 0.4) is 0 Å². The SMILES string of the molecule is C=CCN(CC=C)CCN1CCN([Si](C)(C)C(C)(C)C)CC1. The van der Waals surface area contributed by atoms with Crippen LogP contribution in [0.1, 0.15) is 20.8 Å². The van der Waals surface area contributed by atoms with Gasteiger partial charge in [0.2, 0.25) is 0 Å². The van der Waals surface area contributed by atoms with Gasteiger partial charge in [-0.1, -0.05) is 46.0 Å². The molecule has 0 spiro atoms. The molecule has 1 heterocycles. The number of piperazine rings is 1. The third-order valence-electron chi connectivity index (χ3n) is 5.51. The van der Waals surface area contributed by atoms with E-state index >= 15 is 0 Å². The van der Waals surface area contributed by atoms with E-state index in [0.717, 1.165) is 26.2 Å². The van der Waals surface area contributed by atoms with Crippen LogP contribution in [0.15, 0.2) is 25.3 Å². The Balaban J connectivity index is 2.42. The summed E-state index contributed by atoms with van der Waals surface area (Å²) < 4.78 is 2.80. The molecular formula is C18H37N3Si. The second kappa shape index (κ2) is 8.43. The summed E-state index contributed by atoms with van der Waals surface area (Å²) in [5, 5.41) is 0.444. The average molecular weight is 324 g/mol. The Labute approximate surface area is 139 Å². The summed E-state index contributed by atoms with van der Waals surface area (Å²) >= 11 is 0. The molecule has 0 radical (unpaired) electrons. The predicted molar refractivity (Wildman–Crippen MR) is 102 cm³/mol. The molecule has 22 heavy (non-hydrogen) atoms. The Bertz CT molecular complexity index is 342. The van der Waals surface area contributed by atoms with Crippen molar-refractivity contribution in [2.45, 2.75) is 38.9 Å². The van der Waals surface area contributed by atoms with Gasteiger partial charge in [-0.2, -0.15) is 0 Å².